The van der Waals surface area contributed by atoms with E-state index in [1.54, 1.807) is 12.4 Å². The van der Waals surface area contributed by atoms with Crippen molar-refractivity contribution in [3.63, 3.8) is 0 Å². The number of nitrogens with zero attached hydrogens (tertiary/aromatic N) is 1. The van der Waals surface area contributed by atoms with E-state index in [-0.39, 0.29) is 5.97 Å². The normalized spacial score (nSPS) is 14.6. The van der Waals surface area contributed by atoms with E-state index in [0.717, 1.165) is 10.0 Å². The zero-order valence-corrected chi connectivity index (χ0v) is 11.5. The van der Waals surface area contributed by atoms with Crippen LogP contribution in [0, 0.1) is 0 Å². The lowest BCUT2D eigenvalue weighted by molar-refractivity contribution is -0.147. The zero-order valence-electron chi connectivity index (χ0n) is 7.75. The highest BCUT2D eigenvalue weighted by atomic mass is 127. The maximum Gasteiger partial charge on any atom is 0.304 e. The lowest BCUT2D eigenvalue weighted by Crippen LogP contribution is -2.20. The molecule has 0 saturated carbocycles. The average molecular weight is 370 g/mol. The molecule has 1 rings (SSSR count). The Balaban J connectivity index is 2.97. The first-order chi connectivity index (χ1) is 6.42. The van der Waals surface area contributed by atoms with Gasteiger partial charge in [0.2, 0.25) is 0 Å². The van der Waals surface area contributed by atoms with Crippen molar-refractivity contribution in [2.24, 2.45) is 0 Å². The SMILES string of the molecule is CC(=O)OC(C)(I)c1cncc(Br)c1. The van der Waals surface area contributed by atoms with Gasteiger partial charge in [0.05, 0.1) is 0 Å². The molecule has 1 aromatic heterocycles. The molecule has 0 aliphatic rings. The molecule has 0 N–H and O–H groups in total. The monoisotopic (exact) mass is 369 g/mol. The summed E-state index contributed by atoms with van der Waals surface area (Å²) in [6.45, 7) is 3.21. The molecular weight excluding hydrogens is 361 g/mol. The van der Waals surface area contributed by atoms with Gasteiger partial charge in [-0.25, -0.2) is 0 Å². The molecule has 0 fully saturated rings. The van der Waals surface area contributed by atoms with E-state index in [0.29, 0.717) is 0 Å². The number of alkyl halides is 1. The first-order valence-corrected chi connectivity index (χ1v) is 5.78. The number of hydrogen-bond acceptors (Lipinski definition) is 3. The summed E-state index contributed by atoms with van der Waals surface area (Å²) in [4.78, 5) is 14.9. The Morgan fingerprint density at radius 1 is 1.64 bits per heavy atom. The van der Waals surface area contributed by atoms with E-state index in [1.807, 2.05) is 13.0 Å². The maximum absolute atomic E-state index is 10.9. The van der Waals surface area contributed by atoms with Gasteiger partial charge in [0.15, 0.2) is 3.61 Å². The highest BCUT2D eigenvalue weighted by molar-refractivity contribution is 14.1. The molecule has 0 aliphatic carbocycles. The van der Waals surface area contributed by atoms with Crippen LogP contribution >= 0.6 is 38.5 Å². The number of carbonyl (C=O) groups is 1. The fourth-order valence-corrected chi connectivity index (χ4v) is 1.95. The van der Waals surface area contributed by atoms with Crippen LogP contribution in [0.15, 0.2) is 22.9 Å². The number of aromatic nitrogens is 1. The van der Waals surface area contributed by atoms with Crippen molar-refractivity contribution in [2.75, 3.05) is 0 Å². The summed E-state index contributed by atoms with van der Waals surface area (Å²) in [5, 5.41) is 0. The van der Waals surface area contributed by atoms with E-state index < -0.39 is 3.61 Å². The smallest absolute Gasteiger partial charge is 0.304 e. The molecule has 0 amide bonds. The standard InChI is InChI=1S/C9H9BrINO2/c1-6(13)14-9(2,11)7-3-8(10)5-12-4-7/h3-5H,1-2H3. The number of ether oxygens (including phenoxy) is 1. The van der Waals surface area contributed by atoms with Crippen molar-refractivity contribution in [1.29, 1.82) is 0 Å². The van der Waals surface area contributed by atoms with E-state index >= 15 is 0 Å². The van der Waals surface area contributed by atoms with E-state index in [9.17, 15) is 4.79 Å². The quantitative estimate of drug-likeness (QED) is 0.457. The Kier molecular flexibility index (Phi) is 3.88. The zero-order chi connectivity index (χ0) is 10.8. The van der Waals surface area contributed by atoms with Crippen molar-refractivity contribution >= 4 is 44.5 Å². The van der Waals surface area contributed by atoms with Crippen molar-refractivity contribution < 1.29 is 9.53 Å². The van der Waals surface area contributed by atoms with Crippen molar-refractivity contribution in [2.45, 2.75) is 17.5 Å². The molecule has 76 valence electrons. The third kappa shape index (κ3) is 3.20. The Hall–Kier alpha value is -0.170. The van der Waals surface area contributed by atoms with Gasteiger partial charge in [-0.05, 0) is 51.5 Å². The predicted octanol–water partition coefficient (Wildman–Crippen LogP) is 3.01. The molecule has 1 atom stereocenters. The lowest BCUT2D eigenvalue weighted by Gasteiger charge is -2.22. The van der Waals surface area contributed by atoms with Gasteiger partial charge in [0, 0.05) is 29.4 Å². The third-order valence-electron chi connectivity index (χ3n) is 1.56. The molecule has 0 aromatic carbocycles. The second kappa shape index (κ2) is 4.57. The largest absolute Gasteiger partial charge is 0.444 e. The van der Waals surface area contributed by atoms with Gasteiger partial charge in [-0.15, -0.1) is 0 Å². The van der Waals surface area contributed by atoms with Gasteiger partial charge >= 0.3 is 5.97 Å². The van der Waals surface area contributed by atoms with E-state index in [2.05, 4.69) is 43.5 Å². The molecule has 0 saturated heterocycles. The number of rotatable bonds is 2. The van der Waals surface area contributed by atoms with Crippen molar-refractivity contribution in [3.05, 3.63) is 28.5 Å². The van der Waals surface area contributed by atoms with Crippen LogP contribution in [0.25, 0.3) is 0 Å². The molecule has 0 spiro atoms. The van der Waals surface area contributed by atoms with Gasteiger partial charge in [-0.3, -0.25) is 9.78 Å². The van der Waals surface area contributed by atoms with Gasteiger partial charge < -0.3 is 4.74 Å². The molecule has 1 aromatic rings. The lowest BCUT2D eigenvalue weighted by atomic mass is 10.2. The summed E-state index contributed by atoms with van der Waals surface area (Å²) in [6.07, 6.45) is 3.37. The second-order valence-corrected chi connectivity index (χ2v) is 5.88. The Bertz CT molecular complexity index is 354. The summed E-state index contributed by atoms with van der Waals surface area (Å²) in [6, 6.07) is 1.88. The highest BCUT2D eigenvalue weighted by Crippen LogP contribution is 2.33. The van der Waals surface area contributed by atoms with Gasteiger partial charge in [-0.2, -0.15) is 0 Å². The molecule has 0 radical (unpaired) electrons. The minimum absolute atomic E-state index is 0.304. The third-order valence-corrected chi connectivity index (χ3v) is 2.83. The van der Waals surface area contributed by atoms with Crippen LogP contribution in [-0.2, 0) is 13.1 Å². The molecule has 1 heterocycles. The fraction of sp³-hybridized carbons (Fsp3) is 0.333. The Labute approximate surface area is 105 Å². The molecule has 0 aliphatic heterocycles. The molecule has 5 heteroatoms. The number of esters is 1. The van der Waals surface area contributed by atoms with Crippen LogP contribution in [-0.4, -0.2) is 11.0 Å². The van der Waals surface area contributed by atoms with Crippen LogP contribution in [0.4, 0.5) is 0 Å². The first-order valence-electron chi connectivity index (χ1n) is 3.91. The van der Waals surface area contributed by atoms with Gasteiger partial charge in [0.1, 0.15) is 0 Å². The summed E-state index contributed by atoms with van der Waals surface area (Å²) >= 11 is 5.38. The Morgan fingerprint density at radius 3 is 2.79 bits per heavy atom. The Morgan fingerprint density at radius 2 is 2.29 bits per heavy atom. The maximum atomic E-state index is 10.9. The number of pyridine rings is 1. The van der Waals surface area contributed by atoms with Crippen LogP contribution in [0.1, 0.15) is 19.4 Å². The van der Waals surface area contributed by atoms with Crippen LogP contribution in [0.3, 0.4) is 0 Å². The van der Waals surface area contributed by atoms with Crippen LogP contribution in [0.2, 0.25) is 0 Å². The first kappa shape index (κ1) is 11.9. The summed E-state index contributed by atoms with van der Waals surface area (Å²) in [7, 11) is 0. The van der Waals surface area contributed by atoms with Gasteiger partial charge in [0.25, 0.3) is 0 Å². The van der Waals surface area contributed by atoms with Crippen LogP contribution < -0.4 is 0 Å². The average Bonchev–Trinajstić information content (AvgIpc) is 2.01. The number of carbonyl (C=O) groups excluding carboxylic acids is 1. The summed E-state index contributed by atoms with van der Waals surface area (Å²) in [5.74, 6) is -0.304. The van der Waals surface area contributed by atoms with E-state index in [4.69, 9.17) is 4.74 Å². The molecule has 3 nitrogen and oxygen atoms in total. The van der Waals surface area contributed by atoms with Crippen molar-refractivity contribution in [3.8, 4) is 0 Å². The minimum Gasteiger partial charge on any atom is -0.444 e. The highest BCUT2D eigenvalue weighted by Gasteiger charge is 2.26. The fourth-order valence-electron chi connectivity index (χ4n) is 0.985. The topological polar surface area (TPSA) is 39.2 Å². The molecular formula is C9H9BrINO2. The second-order valence-electron chi connectivity index (χ2n) is 2.90. The summed E-state index contributed by atoms with van der Waals surface area (Å²) in [5.41, 5.74) is 0.850. The van der Waals surface area contributed by atoms with Gasteiger partial charge in [-0.1, -0.05) is 0 Å². The molecule has 0 bridgehead atoms. The summed E-state index contributed by atoms with van der Waals surface area (Å²) < 4.78 is 5.37. The molecule has 14 heavy (non-hydrogen) atoms. The number of hydrogen-bond donors (Lipinski definition) is 0. The minimum atomic E-state index is -0.666. The van der Waals surface area contributed by atoms with Crippen LogP contribution in [0.5, 0.6) is 0 Å². The molecule has 1 unspecified atom stereocenters. The predicted molar refractivity (Wildman–Crippen MR) is 65.1 cm³/mol. The van der Waals surface area contributed by atoms with Crippen molar-refractivity contribution in [1.82, 2.24) is 4.98 Å². The number of halogens is 2. The van der Waals surface area contributed by atoms with E-state index in [1.165, 1.54) is 6.92 Å².